The molecule has 1 aromatic rings. The minimum atomic E-state index is -4.05. The first-order chi connectivity index (χ1) is 13.2. The van der Waals surface area contributed by atoms with Gasteiger partial charge in [0.1, 0.15) is 19.5 Å². The topological polar surface area (TPSA) is 72.9 Å². The van der Waals surface area contributed by atoms with Crippen LogP contribution in [0.2, 0.25) is 18.1 Å². The van der Waals surface area contributed by atoms with Gasteiger partial charge in [-0.05, 0) is 36.6 Å². The SMILES string of the molecule is C=C1C(C(=O)OCC)N(S(=O)(=O)c2ccc(C)cc2)C1(OC)[Si](C)(C)C(C)(C)C. The molecule has 0 saturated carbocycles. The molecule has 6 nitrogen and oxygen atoms in total. The van der Waals surface area contributed by atoms with Gasteiger partial charge in [0.2, 0.25) is 10.0 Å². The number of methoxy groups -OCH3 is 1. The van der Waals surface area contributed by atoms with E-state index < -0.39 is 35.5 Å². The van der Waals surface area contributed by atoms with Crippen molar-refractivity contribution in [2.75, 3.05) is 13.7 Å². The van der Waals surface area contributed by atoms with Gasteiger partial charge in [0.25, 0.3) is 0 Å². The monoisotopic (exact) mass is 439 g/mol. The van der Waals surface area contributed by atoms with E-state index >= 15 is 0 Å². The van der Waals surface area contributed by atoms with Crippen LogP contribution in [0.15, 0.2) is 41.3 Å². The Bertz CT molecular complexity index is 902. The number of nitrogens with zero attached hydrogens (tertiary/aromatic N) is 1. The van der Waals surface area contributed by atoms with Crippen LogP contribution in [-0.4, -0.2) is 51.9 Å². The third kappa shape index (κ3) is 3.40. The summed E-state index contributed by atoms with van der Waals surface area (Å²) in [5.41, 5.74) is 1.39. The van der Waals surface area contributed by atoms with E-state index in [0.717, 1.165) is 5.56 Å². The first kappa shape index (κ1) is 23.8. The molecular weight excluding hydrogens is 406 g/mol. The molecule has 1 aromatic carbocycles. The molecule has 0 radical (unpaired) electrons. The Morgan fingerprint density at radius 2 is 1.76 bits per heavy atom. The molecule has 29 heavy (non-hydrogen) atoms. The first-order valence-corrected chi connectivity index (χ1v) is 14.2. The van der Waals surface area contributed by atoms with Gasteiger partial charge < -0.3 is 9.47 Å². The summed E-state index contributed by atoms with van der Waals surface area (Å²) in [6, 6.07) is 5.49. The van der Waals surface area contributed by atoms with Crippen LogP contribution in [-0.2, 0) is 24.3 Å². The minimum absolute atomic E-state index is 0.116. The van der Waals surface area contributed by atoms with E-state index in [1.165, 1.54) is 11.4 Å². The zero-order valence-electron chi connectivity index (χ0n) is 18.7. The van der Waals surface area contributed by atoms with Crippen LogP contribution in [0.1, 0.15) is 33.3 Å². The molecule has 1 saturated heterocycles. The smallest absolute Gasteiger partial charge is 0.328 e. The van der Waals surface area contributed by atoms with Crippen molar-refractivity contribution in [3.63, 3.8) is 0 Å². The maximum Gasteiger partial charge on any atom is 0.328 e. The van der Waals surface area contributed by atoms with Crippen molar-refractivity contribution >= 4 is 24.1 Å². The molecular formula is C21H33NO5SSi. The molecule has 0 aliphatic carbocycles. The molecule has 8 heteroatoms. The van der Waals surface area contributed by atoms with Crippen LogP contribution < -0.4 is 0 Å². The number of rotatable bonds is 6. The summed E-state index contributed by atoms with van der Waals surface area (Å²) in [7, 11) is -5.10. The molecule has 0 N–H and O–H groups in total. The number of sulfonamides is 1. The highest BCUT2D eigenvalue weighted by molar-refractivity contribution is 7.89. The van der Waals surface area contributed by atoms with Gasteiger partial charge in [-0.1, -0.05) is 58.1 Å². The first-order valence-electron chi connectivity index (χ1n) is 9.72. The number of esters is 1. The van der Waals surface area contributed by atoms with E-state index in [9.17, 15) is 13.2 Å². The molecule has 1 fully saturated rings. The second-order valence-corrected chi connectivity index (χ2v) is 16.3. The maximum absolute atomic E-state index is 13.8. The molecule has 0 aromatic heterocycles. The lowest BCUT2D eigenvalue weighted by molar-refractivity contribution is -0.160. The number of benzene rings is 1. The van der Waals surface area contributed by atoms with Crippen molar-refractivity contribution in [3.05, 3.63) is 42.0 Å². The van der Waals surface area contributed by atoms with Crippen molar-refractivity contribution < 1.29 is 22.7 Å². The summed E-state index contributed by atoms with van der Waals surface area (Å²) in [5.74, 6) is -0.625. The zero-order valence-corrected chi connectivity index (χ0v) is 20.5. The molecule has 2 rings (SSSR count). The van der Waals surface area contributed by atoms with Gasteiger partial charge >= 0.3 is 5.97 Å². The van der Waals surface area contributed by atoms with Gasteiger partial charge in [0, 0.05) is 7.11 Å². The number of hydrogen-bond acceptors (Lipinski definition) is 5. The average Bonchev–Trinajstić information content (AvgIpc) is 2.59. The lowest BCUT2D eigenvalue weighted by Gasteiger charge is -2.64. The predicted octanol–water partition coefficient (Wildman–Crippen LogP) is 3.88. The Morgan fingerprint density at radius 1 is 1.24 bits per heavy atom. The van der Waals surface area contributed by atoms with Gasteiger partial charge in [-0.3, -0.25) is 0 Å². The lowest BCUT2D eigenvalue weighted by atomic mass is 9.97. The molecule has 0 amide bonds. The molecule has 1 aliphatic heterocycles. The summed E-state index contributed by atoms with van der Waals surface area (Å²) < 4.78 is 39.9. The Kier molecular flexibility index (Phi) is 6.27. The highest BCUT2D eigenvalue weighted by atomic mass is 32.2. The molecule has 2 unspecified atom stereocenters. The van der Waals surface area contributed by atoms with E-state index in [0.29, 0.717) is 5.57 Å². The molecule has 1 heterocycles. The normalized spacial score (nSPS) is 23.6. The van der Waals surface area contributed by atoms with Crippen molar-refractivity contribution in [2.45, 2.75) is 69.0 Å². The van der Waals surface area contributed by atoms with E-state index in [2.05, 4.69) is 40.4 Å². The zero-order chi connectivity index (χ0) is 22.4. The predicted molar refractivity (Wildman–Crippen MR) is 117 cm³/mol. The number of aryl methyl sites for hydroxylation is 1. The molecule has 0 spiro atoms. The van der Waals surface area contributed by atoms with Crippen LogP contribution >= 0.6 is 0 Å². The standard InChI is InChI=1S/C21H33NO5SSi/c1-10-27-19(23)18-16(3)21(26-7,29(8,9)20(4,5)6)22(18)28(24,25)17-13-11-15(2)12-14-17/h11-14,18H,3,10H2,1-2,4-9H3. The Labute approximate surface area is 176 Å². The molecule has 0 bridgehead atoms. The summed E-state index contributed by atoms with van der Waals surface area (Å²) in [6.45, 7) is 18.2. The number of ether oxygens (including phenoxy) is 2. The molecule has 1 aliphatic rings. The maximum atomic E-state index is 13.8. The van der Waals surface area contributed by atoms with Gasteiger partial charge in [-0.2, -0.15) is 0 Å². The summed E-state index contributed by atoms with van der Waals surface area (Å²) >= 11 is 0. The van der Waals surface area contributed by atoms with Crippen molar-refractivity contribution in [2.24, 2.45) is 0 Å². The van der Waals surface area contributed by atoms with Crippen LogP contribution in [0.4, 0.5) is 0 Å². The fourth-order valence-electron chi connectivity index (χ4n) is 3.84. The average molecular weight is 440 g/mol. The third-order valence-corrected chi connectivity index (χ3v) is 14.6. The van der Waals surface area contributed by atoms with Crippen molar-refractivity contribution in [1.29, 1.82) is 0 Å². The summed E-state index contributed by atoms with van der Waals surface area (Å²) in [4.78, 5) is 12.8. The molecule has 162 valence electrons. The summed E-state index contributed by atoms with van der Waals surface area (Å²) in [6.07, 6.45) is 0. The van der Waals surface area contributed by atoms with Crippen LogP contribution in [0.5, 0.6) is 0 Å². The van der Waals surface area contributed by atoms with Gasteiger partial charge in [0.15, 0.2) is 0 Å². The van der Waals surface area contributed by atoms with Crippen LogP contribution in [0.3, 0.4) is 0 Å². The van der Waals surface area contributed by atoms with Crippen LogP contribution in [0, 0.1) is 6.92 Å². The number of carbonyl (C=O) groups is 1. The minimum Gasteiger partial charge on any atom is -0.465 e. The number of carbonyl (C=O) groups excluding carboxylic acids is 1. The van der Waals surface area contributed by atoms with E-state index in [-0.39, 0.29) is 16.5 Å². The lowest BCUT2D eigenvalue weighted by Crippen LogP contribution is -2.83. The number of hydrogen-bond donors (Lipinski definition) is 0. The Balaban J connectivity index is 2.75. The largest absolute Gasteiger partial charge is 0.465 e. The second kappa shape index (κ2) is 7.65. The highest BCUT2D eigenvalue weighted by Crippen LogP contribution is 2.57. The van der Waals surface area contributed by atoms with Crippen molar-refractivity contribution in [1.82, 2.24) is 4.31 Å². The Hall–Kier alpha value is -1.48. The fraction of sp³-hybridized carbons (Fsp3) is 0.571. The van der Waals surface area contributed by atoms with E-state index in [4.69, 9.17) is 9.47 Å². The van der Waals surface area contributed by atoms with Crippen LogP contribution in [0.25, 0.3) is 0 Å². The quantitative estimate of drug-likeness (QED) is 0.382. The fourth-order valence-corrected chi connectivity index (χ4v) is 9.76. The summed E-state index contributed by atoms with van der Waals surface area (Å²) in [5, 5.41) is -1.49. The van der Waals surface area contributed by atoms with E-state index in [1.54, 1.807) is 31.2 Å². The van der Waals surface area contributed by atoms with Gasteiger partial charge in [-0.25, -0.2) is 13.2 Å². The third-order valence-electron chi connectivity index (χ3n) is 6.42. The second-order valence-electron chi connectivity index (χ2n) is 9.02. The van der Waals surface area contributed by atoms with E-state index in [1.807, 2.05) is 6.92 Å². The van der Waals surface area contributed by atoms with Gasteiger partial charge in [0.05, 0.1) is 11.5 Å². The Morgan fingerprint density at radius 3 is 2.17 bits per heavy atom. The van der Waals surface area contributed by atoms with Gasteiger partial charge in [-0.15, -0.1) is 4.31 Å². The van der Waals surface area contributed by atoms with Crippen molar-refractivity contribution in [3.8, 4) is 0 Å². The highest BCUT2D eigenvalue weighted by Gasteiger charge is 2.73. The molecule has 2 atom stereocenters.